The molecular weight excluding hydrogens is 182 g/mol. The lowest BCUT2D eigenvalue weighted by molar-refractivity contribution is 0.189. The second-order valence-electron chi connectivity index (χ2n) is 5.43. The minimum absolute atomic E-state index is 1.02. The van der Waals surface area contributed by atoms with Gasteiger partial charge in [0.1, 0.15) is 0 Å². The maximum Gasteiger partial charge on any atom is -0.00191 e. The smallest absolute Gasteiger partial charge is 0.00191 e. The van der Waals surface area contributed by atoms with Crippen LogP contribution in [0.2, 0.25) is 0 Å². The number of likely N-dealkylation sites (tertiary alicyclic amines) is 1. The maximum absolute atomic E-state index is 2.48. The van der Waals surface area contributed by atoms with Crippen LogP contribution in [0, 0.1) is 11.8 Å². The molecule has 1 saturated heterocycles. The van der Waals surface area contributed by atoms with Crippen molar-refractivity contribution in [1.29, 1.82) is 0 Å². The molecule has 0 amide bonds. The van der Waals surface area contributed by atoms with Gasteiger partial charge < -0.3 is 4.90 Å². The molecule has 1 rings (SSSR count). The lowest BCUT2D eigenvalue weighted by Crippen LogP contribution is -2.31. The monoisotopic (exact) mass is 211 g/mol. The van der Waals surface area contributed by atoms with E-state index in [-0.39, 0.29) is 0 Å². The second kappa shape index (κ2) is 7.27. The first kappa shape index (κ1) is 13.0. The summed E-state index contributed by atoms with van der Waals surface area (Å²) >= 11 is 0. The highest BCUT2D eigenvalue weighted by Gasteiger charge is 2.19. The Hall–Kier alpha value is -0.0400. The fourth-order valence-electron chi connectivity index (χ4n) is 2.97. The fraction of sp³-hybridized carbons (Fsp3) is 1.00. The fourth-order valence-corrected chi connectivity index (χ4v) is 2.97. The van der Waals surface area contributed by atoms with Crippen LogP contribution in [0.15, 0.2) is 0 Å². The second-order valence-corrected chi connectivity index (χ2v) is 5.43. The predicted octanol–water partition coefficient (Wildman–Crippen LogP) is 3.93. The van der Waals surface area contributed by atoms with Crippen LogP contribution < -0.4 is 0 Å². The van der Waals surface area contributed by atoms with E-state index in [0.29, 0.717) is 0 Å². The van der Waals surface area contributed by atoms with E-state index in [1.54, 1.807) is 0 Å². The van der Waals surface area contributed by atoms with Gasteiger partial charge in [0.25, 0.3) is 0 Å². The number of piperidine rings is 1. The van der Waals surface area contributed by atoms with Crippen LogP contribution in [0.5, 0.6) is 0 Å². The van der Waals surface area contributed by atoms with Crippen molar-refractivity contribution in [1.82, 2.24) is 4.90 Å². The summed E-state index contributed by atoms with van der Waals surface area (Å²) in [7, 11) is 2.26. The Kier molecular flexibility index (Phi) is 6.31. The van der Waals surface area contributed by atoms with E-state index in [1.807, 2.05) is 0 Å². The molecule has 0 aliphatic carbocycles. The molecule has 1 heteroatoms. The quantitative estimate of drug-likeness (QED) is 0.643. The molecule has 0 unspecified atom stereocenters. The Morgan fingerprint density at radius 1 is 1.07 bits per heavy atom. The first-order chi connectivity index (χ1) is 7.26. The van der Waals surface area contributed by atoms with Gasteiger partial charge in [-0.25, -0.2) is 0 Å². The van der Waals surface area contributed by atoms with Crippen LogP contribution in [0.4, 0.5) is 0 Å². The van der Waals surface area contributed by atoms with Crippen LogP contribution in [-0.2, 0) is 0 Å². The predicted molar refractivity (Wildman–Crippen MR) is 68.1 cm³/mol. The minimum Gasteiger partial charge on any atom is -0.306 e. The Balaban J connectivity index is 2.24. The van der Waals surface area contributed by atoms with Crippen molar-refractivity contribution in [2.75, 3.05) is 20.1 Å². The highest BCUT2D eigenvalue weighted by Crippen LogP contribution is 2.28. The Morgan fingerprint density at radius 2 is 1.60 bits per heavy atom. The van der Waals surface area contributed by atoms with Gasteiger partial charge in [0, 0.05) is 0 Å². The van der Waals surface area contributed by atoms with Crippen LogP contribution in [0.1, 0.15) is 58.8 Å². The van der Waals surface area contributed by atoms with Crippen LogP contribution in [-0.4, -0.2) is 25.0 Å². The average Bonchev–Trinajstić information content (AvgIpc) is 2.22. The largest absolute Gasteiger partial charge is 0.306 e. The molecule has 1 heterocycles. The van der Waals surface area contributed by atoms with Gasteiger partial charge in [-0.05, 0) is 51.2 Å². The number of nitrogens with zero attached hydrogens (tertiary/aromatic N) is 1. The molecule has 0 radical (unpaired) electrons. The highest BCUT2D eigenvalue weighted by molar-refractivity contribution is 4.73. The minimum atomic E-state index is 1.02. The average molecular weight is 211 g/mol. The van der Waals surface area contributed by atoms with Gasteiger partial charge in [0.05, 0.1) is 0 Å². The van der Waals surface area contributed by atoms with Gasteiger partial charge in [-0.15, -0.1) is 0 Å². The lowest BCUT2D eigenvalue weighted by atomic mass is 9.83. The Bertz CT molecular complexity index is 141. The summed E-state index contributed by atoms with van der Waals surface area (Å²) in [6, 6.07) is 0. The van der Waals surface area contributed by atoms with Crippen LogP contribution in [0.3, 0.4) is 0 Å². The Labute approximate surface area is 96.2 Å². The third-order valence-corrected chi connectivity index (χ3v) is 3.90. The number of hydrogen-bond acceptors (Lipinski definition) is 1. The molecule has 0 aromatic rings. The van der Waals surface area contributed by atoms with Gasteiger partial charge in [0.2, 0.25) is 0 Å². The molecule has 0 N–H and O–H groups in total. The zero-order valence-electron chi connectivity index (χ0n) is 11.0. The van der Waals surface area contributed by atoms with Gasteiger partial charge in [-0.2, -0.15) is 0 Å². The van der Waals surface area contributed by atoms with E-state index < -0.39 is 0 Å². The molecule has 0 spiro atoms. The molecule has 15 heavy (non-hydrogen) atoms. The molecule has 0 atom stereocenters. The van der Waals surface area contributed by atoms with Crippen molar-refractivity contribution >= 4 is 0 Å². The zero-order valence-corrected chi connectivity index (χ0v) is 11.0. The zero-order chi connectivity index (χ0) is 11.1. The summed E-state index contributed by atoms with van der Waals surface area (Å²) < 4.78 is 0. The topological polar surface area (TPSA) is 3.24 Å². The van der Waals surface area contributed by atoms with Gasteiger partial charge in [0.15, 0.2) is 0 Å². The Morgan fingerprint density at radius 3 is 2.07 bits per heavy atom. The van der Waals surface area contributed by atoms with E-state index >= 15 is 0 Å². The summed E-state index contributed by atoms with van der Waals surface area (Å²) in [5.74, 6) is 2.05. The molecule has 1 fully saturated rings. The number of hydrogen-bond donors (Lipinski definition) is 0. The standard InChI is InChI=1S/C14H29N/c1-4-6-13(7-5-2)12-14-8-10-15(3)11-9-14/h13-14H,4-12H2,1-3H3. The molecule has 90 valence electrons. The third kappa shape index (κ3) is 5.01. The summed E-state index contributed by atoms with van der Waals surface area (Å²) in [5, 5.41) is 0. The van der Waals surface area contributed by atoms with E-state index in [1.165, 1.54) is 58.0 Å². The van der Waals surface area contributed by atoms with Crippen molar-refractivity contribution in [2.45, 2.75) is 58.8 Å². The first-order valence-electron chi connectivity index (χ1n) is 6.94. The normalized spacial score (nSPS) is 20.0. The van der Waals surface area contributed by atoms with E-state index in [4.69, 9.17) is 0 Å². The summed E-state index contributed by atoms with van der Waals surface area (Å²) in [5.41, 5.74) is 0. The molecule has 0 bridgehead atoms. The van der Waals surface area contributed by atoms with Crippen LogP contribution in [0.25, 0.3) is 0 Å². The molecule has 0 saturated carbocycles. The first-order valence-corrected chi connectivity index (χ1v) is 6.94. The van der Waals surface area contributed by atoms with Crippen molar-refractivity contribution in [3.8, 4) is 0 Å². The molecule has 1 aliphatic rings. The molecule has 0 aromatic heterocycles. The highest BCUT2D eigenvalue weighted by atomic mass is 15.1. The van der Waals surface area contributed by atoms with Crippen molar-refractivity contribution < 1.29 is 0 Å². The van der Waals surface area contributed by atoms with Crippen molar-refractivity contribution in [3.05, 3.63) is 0 Å². The number of rotatable bonds is 6. The van der Waals surface area contributed by atoms with Gasteiger partial charge in [-0.3, -0.25) is 0 Å². The maximum atomic E-state index is 2.48. The summed E-state index contributed by atoms with van der Waals surface area (Å²) in [6.07, 6.45) is 10.1. The molecule has 1 nitrogen and oxygen atoms in total. The molecular formula is C14H29N. The van der Waals surface area contributed by atoms with E-state index in [0.717, 1.165) is 11.8 Å². The van der Waals surface area contributed by atoms with E-state index in [9.17, 15) is 0 Å². The SMILES string of the molecule is CCCC(CCC)CC1CCN(C)CC1. The van der Waals surface area contributed by atoms with Crippen molar-refractivity contribution in [2.24, 2.45) is 11.8 Å². The lowest BCUT2D eigenvalue weighted by Gasteiger charge is -2.31. The summed E-state index contributed by atoms with van der Waals surface area (Å²) in [6.45, 7) is 7.32. The van der Waals surface area contributed by atoms with Crippen LogP contribution >= 0.6 is 0 Å². The summed E-state index contributed by atoms with van der Waals surface area (Å²) in [4.78, 5) is 2.48. The van der Waals surface area contributed by atoms with Crippen molar-refractivity contribution in [3.63, 3.8) is 0 Å². The van der Waals surface area contributed by atoms with Gasteiger partial charge in [-0.1, -0.05) is 39.5 Å². The molecule has 0 aromatic carbocycles. The third-order valence-electron chi connectivity index (χ3n) is 3.90. The van der Waals surface area contributed by atoms with Gasteiger partial charge >= 0.3 is 0 Å². The molecule has 1 aliphatic heterocycles. The van der Waals surface area contributed by atoms with E-state index in [2.05, 4.69) is 25.8 Å².